The van der Waals surface area contributed by atoms with Crippen molar-refractivity contribution in [1.29, 1.82) is 5.26 Å². The van der Waals surface area contributed by atoms with Gasteiger partial charge in [0.2, 0.25) is 0 Å². The molecular weight excluding hydrogens is 326 g/mol. The maximum atomic E-state index is 9.13. The number of rotatable bonds is 2. The van der Waals surface area contributed by atoms with E-state index in [9.17, 15) is 0 Å². The van der Waals surface area contributed by atoms with Crippen LogP contribution >= 0.6 is 27.5 Å². The third-order valence-electron chi connectivity index (χ3n) is 2.72. The van der Waals surface area contributed by atoms with Gasteiger partial charge >= 0.3 is 0 Å². The average molecular weight is 337 g/mol. The van der Waals surface area contributed by atoms with E-state index in [4.69, 9.17) is 22.6 Å². The Bertz CT molecular complexity index is 677. The molecule has 3 N–H and O–H groups in total. The van der Waals surface area contributed by atoms with Gasteiger partial charge in [0.05, 0.1) is 22.0 Å². The Kier molecular flexibility index (Phi) is 3.98. The van der Waals surface area contributed by atoms with Gasteiger partial charge in [0, 0.05) is 10.2 Å². The molecule has 0 aliphatic carbocycles. The minimum atomic E-state index is 0.490. The monoisotopic (exact) mass is 335 g/mol. The van der Waals surface area contributed by atoms with Crippen LogP contribution in [0, 0.1) is 18.3 Å². The summed E-state index contributed by atoms with van der Waals surface area (Å²) in [6, 6.07) is 11.2. The molecule has 0 saturated carbocycles. The fourth-order valence-electron chi connectivity index (χ4n) is 1.70. The molecule has 5 heteroatoms. The van der Waals surface area contributed by atoms with Gasteiger partial charge in [0.25, 0.3) is 0 Å². The van der Waals surface area contributed by atoms with E-state index in [0.717, 1.165) is 21.4 Å². The molecule has 0 unspecified atom stereocenters. The Balaban J connectivity index is 2.42. The summed E-state index contributed by atoms with van der Waals surface area (Å²) in [4.78, 5) is 0. The molecule has 2 aromatic rings. The predicted molar refractivity (Wildman–Crippen MR) is 82.7 cm³/mol. The van der Waals surface area contributed by atoms with E-state index in [0.29, 0.717) is 16.3 Å². The summed E-state index contributed by atoms with van der Waals surface area (Å²) in [5.41, 5.74) is 9.37. The van der Waals surface area contributed by atoms with Gasteiger partial charge in [0.15, 0.2) is 0 Å². The lowest BCUT2D eigenvalue weighted by Crippen LogP contribution is -1.97. The van der Waals surface area contributed by atoms with Gasteiger partial charge in [0.1, 0.15) is 6.07 Å². The standard InChI is InChI=1S/C14H11BrClN3/c1-8-4-12(18)11(16)6-14(8)19-13-3-2-10(15)5-9(13)7-17/h2-6,19H,18H2,1H3. The van der Waals surface area contributed by atoms with Crippen LogP contribution in [-0.2, 0) is 0 Å². The maximum absolute atomic E-state index is 9.13. The number of benzene rings is 2. The van der Waals surface area contributed by atoms with E-state index in [1.54, 1.807) is 18.2 Å². The maximum Gasteiger partial charge on any atom is 0.101 e. The fourth-order valence-corrected chi connectivity index (χ4v) is 2.23. The molecule has 0 fully saturated rings. The molecule has 0 aliphatic rings. The number of nitrogens with zero attached hydrogens (tertiary/aromatic N) is 1. The normalized spacial score (nSPS) is 10.0. The molecular formula is C14H11BrClN3. The molecule has 0 amide bonds. The van der Waals surface area contributed by atoms with Crippen LogP contribution in [0.3, 0.4) is 0 Å². The second kappa shape index (κ2) is 5.52. The first-order valence-corrected chi connectivity index (χ1v) is 6.70. The van der Waals surface area contributed by atoms with Crippen molar-refractivity contribution in [3.05, 3.63) is 51.0 Å². The number of nitrogens with one attached hydrogen (secondary N) is 1. The summed E-state index contributed by atoms with van der Waals surface area (Å²) >= 11 is 9.36. The number of hydrogen-bond acceptors (Lipinski definition) is 3. The number of nitrogen functional groups attached to an aromatic ring is 1. The van der Waals surface area contributed by atoms with E-state index in [2.05, 4.69) is 27.3 Å². The first-order chi connectivity index (χ1) is 9.01. The first-order valence-electron chi connectivity index (χ1n) is 5.53. The van der Waals surface area contributed by atoms with Crippen LogP contribution < -0.4 is 11.1 Å². The third-order valence-corrected chi connectivity index (χ3v) is 3.54. The second-order valence-corrected chi connectivity index (χ2v) is 5.44. The quantitative estimate of drug-likeness (QED) is 0.787. The molecule has 0 heterocycles. The molecule has 0 atom stereocenters. The number of halogens is 2. The zero-order chi connectivity index (χ0) is 14.0. The summed E-state index contributed by atoms with van der Waals surface area (Å²) in [5.74, 6) is 0. The molecule has 0 saturated heterocycles. The number of anilines is 3. The zero-order valence-corrected chi connectivity index (χ0v) is 12.5. The fraction of sp³-hybridized carbons (Fsp3) is 0.0714. The Morgan fingerprint density at radius 2 is 2.00 bits per heavy atom. The number of aryl methyl sites for hydroxylation is 1. The minimum absolute atomic E-state index is 0.490. The summed E-state index contributed by atoms with van der Waals surface area (Å²) in [5, 5.41) is 12.8. The molecule has 19 heavy (non-hydrogen) atoms. The zero-order valence-electron chi connectivity index (χ0n) is 10.2. The smallest absolute Gasteiger partial charge is 0.101 e. The van der Waals surface area contributed by atoms with Crippen molar-refractivity contribution in [1.82, 2.24) is 0 Å². The number of nitrogens with two attached hydrogens (primary N) is 1. The minimum Gasteiger partial charge on any atom is -0.398 e. The van der Waals surface area contributed by atoms with E-state index in [1.165, 1.54) is 0 Å². The van der Waals surface area contributed by atoms with Crippen LogP contribution in [0.2, 0.25) is 5.02 Å². The van der Waals surface area contributed by atoms with Crippen LogP contribution in [0.4, 0.5) is 17.1 Å². The lowest BCUT2D eigenvalue weighted by atomic mass is 10.1. The number of nitriles is 1. The van der Waals surface area contributed by atoms with Crippen molar-refractivity contribution >= 4 is 44.6 Å². The van der Waals surface area contributed by atoms with Crippen molar-refractivity contribution in [3.63, 3.8) is 0 Å². The molecule has 0 aromatic heterocycles. The van der Waals surface area contributed by atoms with Crippen LogP contribution in [0.5, 0.6) is 0 Å². The van der Waals surface area contributed by atoms with Crippen molar-refractivity contribution in [2.75, 3.05) is 11.1 Å². The van der Waals surface area contributed by atoms with Crippen molar-refractivity contribution in [2.24, 2.45) is 0 Å². The van der Waals surface area contributed by atoms with Gasteiger partial charge in [-0.15, -0.1) is 0 Å². The van der Waals surface area contributed by atoms with Crippen LogP contribution in [0.15, 0.2) is 34.8 Å². The van der Waals surface area contributed by atoms with Crippen LogP contribution in [-0.4, -0.2) is 0 Å². The molecule has 0 bridgehead atoms. The Morgan fingerprint density at radius 1 is 1.26 bits per heavy atom. The van der Waals surface area contributed by atoms with E-state index >= 15 is 0 Å². The largest absolute Gasteiger partial charge is 0.398 e. The Morgan fingerprint density at radius 3 is 2.68 bits per heavy atom. The van der Waals surface area contributed by atoms with Crippen molar-refractivity contribution < 1.29 is 0 Å². The number of hydrogen-bond donors (Lipinski definition) is 2. The highest BCUT2D eigenvalue weighted by Gasteiger charge is 2.07. The Hall–Kier alpha value is -1.70. The predicted octanol–water partition coefficient (Wildman–Crippen LogP) is 4.61. The summed E-state index contributed by atoms with van der Waals surface area (Å²) < 4.78 is 0.863. The second-order valence-electron chi connectivity index (χ2n) is 4.12. The summed E-state index contributed by atoms with van der Waals surface area (Å²) in [7, 11) is 0. The van der Waals surface area contributed by atoms with Gasteiger partial charge in [-0.2, -0.15) is 5.26 Å². The molecule has 96 valence electrons. The molecule has 2 rings (SSSR count). The van der Waals surface area contributed by atoms with E-state index in [-0.39, 0.29) is 0 Å². The van der Waals surface area contributed by atoms with Crippen molar-refractivity contribution in [3.8, 4) is 6.07 Å². The third kappa shape index (κ3) is 3.01. The highest BCUT2D eigenvalue weighted by atomic mass is 79.9. The lowest BCUT2D eigenvalue weighted by Gasteiger charge is -2.12. The molecule has 2 aromatic carbocycles. The van der Waals surface area contributed by atoms with Gasteiger partial charge < -0.3 is 11.1 Å². The topological polar surface area (TPSA) is 61.8 Å². The Labute approximate surface area is 125 Å². The average Bonchev–Trinajstić information content (AvgIpc) is 2.37. The lowest BCUT2D eigenvalue weighted by molar-refractivity contribution is 1.41. The van der Waals surface area contributed by atoms with Crippen molar-refractivity contribution in [2.45, 2.75) is 6.92 Å². The molecule has 0 radical (unpaired) electrons. The molecule has 0 aliphatic heterocycles. The van der Waals surface area contributed by atoms with E-state index < -0.39 is 0 Å². The van der Waals surface area contributed by atoms with Gasteiger partial charge in [-0.25, -0.2) is 0 Å². The molecule has 3 nitrogen and oxygen atoms in total. The summed E-state index contributed by atoms with van der Waals surface area (Å²) in [6.07, 6.45) is 0. The highest BCUT2D eigenvalue weighted by Crippen LogP contribution is 2.30. The van der Waals surface area contributed by atoms with Crippen LogP contribution in [0.1, 0.15) is 11.1 Å². The highest BCUT2D eigenvalue weighted by molar-refractivity contribution is 9.10. The van der Waals surface area contributed by atoms with Gasteiger partial charge in [-0.3, -0.25) is 0 Å². The SMILES string of the molecule is Cc1cc(N)c(Cl)cc1Nc1ccc(Br)cc1C#N. The van der Waals surface area contributed by atoms with Crippen LogP contribution in [0.25, 0.3) is 0 Å². The van der Waals surface area contributed by atoms with Gasteiger partial charge in [-0.1, -0.05) is 27.5 Å². The van der Waals surface area contributed by atoms with E-state index in [1.807, 2.05) is 19.1 Å². The molecule has 0 spiro atoms. The summed E-state index contributed by atoms with van der Waals surface area (Å²) in [6.45, 7) is 1.93. The first kappa shape index (κ1) is 13.7. The van der Waals surface area contributed by atoms with Gasteiger partial charge in [-0.05, 0) is 42.8 Å².